The predicted molar refractivity (Wildman–Crippen MR) is 129 cm³/mol. The lowest BCUT2D eigenvalue weighted by Gasteiger charge is -2.22. The fourth-order valence-electron chi connectivity index (χ4n) is 3.27. The Labute approximate surface area is 218 Å². The van der Waals surface area contributed by atoms with Crippen LogP contribution in [-0.4, -0.2) is 35.7 Å². The van der Waals surface area contributed by atoms with Gasteiger partial charge in [0.25, 0.3) is 0 Å². The molecule has 1 aliphatic rings. The van der Waals surface area contributed by atoms with Crippen LogP contribution in [0.3, 0.4) is 0 Å². The van der Waals surface area contributed by atoms with Crippen LogP contribution in [0.1, 0.15) is 57.3 Å². The number of esters is 2. The molecule has 0 bridgehead atoms. The van der Waals surface area contributed by atoms with E-state index in [1.165, 1.54) is 30.6 Å². The first kappa shape index (κ1) is 27.9. The highest BCUT2D eigenvalue weighted by atomic mass is 35.5. The second kappa shape index (κ2) is 12.1. The van der Waals surface area contributed by atoms with Crippen molar-refractivity contribution in [2.24, 2.45) is 5.92 Å². The van der Waals surface area contributed by atoms with Gasteiger partial charge in [0.2, 0.25) is 0 Å². The quantitative estimate of drug-likeness (QED) is 0.240. The molecule has 196 valence electrons. The molecule has 1 aliphatic carbocycles. The third-order valence-electron chi connectivity index (χ3n) is 5.05. The summed E-state index contributed by atoms with van der Waals surface area (Å²) in [5.74, 6) is -1.30. The number of ether oxygens (including phenoxy) is 4. The summed E-state index contributed by atoms with van der Waals surface area (Å²) in [5.41, 5.74) is 0.0871. The molecule has 0 spiro atoms. The highest BCUT2D eigenvalue weighted by Gasteiger charge is 2.27. The summed E-state index contributed by atoms with van der Waals surface area (Å²) in [5, 5.41) is 0.497. The number of nitrogens with zero attached hydrogens (tertiary/aromatic N) is 1. The van der Waals surface area contributed by atoms with E-state index in [9.17, 15) is 18.4 Å². The zero-order chi connectivity index (χ0) is 26.5. The van der Waals surface area contributed by atoms with Crippen LogP contribution in [0.15, 0.2) is 30.6 Å². The van der Waals surface area contributed by atoms with Crippen LogP contribution in [-0.2, 0) is 25.5 Å². The van der Waals surface area contributed by atoms with Crippen molar-refractivity contribution >= 4 is 35.1 Å². The van der Waals surface area contributed by atoms with Crippen LogP contribution in [0.5, 0.6) is 11.5 Å². The molecular formula is C25H27Cl2F2NO6. The molecule has 36 heavy (non-hydrogen) atoms. The van der Waals surface area contributed by atoms with Crippen LogP contribution in [0.4, 0.5) is 8.78 Å². The molecule has 7 nitrogen and oxygen atoms in total. The molecule has 2 aromatic rings. The van der Waals surface area contributed by atoms with Crippen LogP contribution in [0.2, 0.25) is 10.0 Å². The van der Waals surface area contributed by atoms with Crippen molar-refractivity contribution in [2.75, 3.05) is 6.61 Å². The lowest BCUT2D eigenvalue weighted by molar-refractivity contribution is -0.163. The Morgan fingerprint density at radius 2 is 1.75 bits per heavy atom. The molecule has 1 saturated carbocycles. The topological polar surface area (TPSA) is 84.0 Å². The molecule has 0 saturated heterocycles. The number of pyridine rings is 1. The second-order valence-electron chi connectivity index (χ2n) is 9.37. The molecular weight excluding hydrogens is 519 g/mol. The van der Waals surface area contributed by atoms with Gasteiger partial charge in [0.15, 0.2) is 11.5 Å². The lowest BCUT2D eigenvalue weighted by Crippen LogP contribution is -2.26. The van der Waals surface area contributed by atoms with Crippen molar-refractivity contribution in [1.29, 1.82) is 0 Å². The minimum atomic E-state index is -3.05. The summed E-state index contributed by atoms with van der Waals surface area (Å²) in [7, 11) is 0. The molecule has 0 aliphatic heterocycles. The van der Waals surface area contributed by atoms with E-state index < -0.39 is 36.7 Å². The van der Waals surface area contributed by atoms with Gasteiger partial charge in [0.1, 0.15) is 18.1 Å². The number of alkyl halides is 2. The molecule has 11 heteroatoms. The molecule has 0 amide bonds. The average molecular weight is 546 g/mol. The summed E-state index contributed by atoms with van der Waals surface area (Å²) in [6.45, 7) is 2.33. The highest BCUT2D eigenvalue weighted by Crippen LogP contribution is 2.38. The smallest absolute Gasteiger partial charge is 0.387 e. The van der Waals surface area contributed by atoms with E-state index in [-0.39, 0.29) is 28.0 Å². The first-order valence-corrected chi connectivity index (χ1v) is 12.1. The Morgan fingerprint density at radius 3 is 2.33 bits per heavy atom. The maximum absolute atomic E-state index is 12.9. The highest BCUT2D eigenvalue weighted by molar-refractivity contribution is 6.35. The number of halogens is 4. The predicted octanol–water partition coefficient (Wildman–Crippen LogP) is 6.34. The Kier molecular flexibility index (Phi) is 9.35. The van der Waals surface area contributed by atoms with E-state index in [0.29, 0.717) is 23.7 Å². The van der Waals surface area contributed by atoms with Crippen molar-refractivity contribution in [3.8, 4) is 11.5 Å². The fraction of sp³-hybridized carbons (Fsp3) is 0.480. The summed E-state index contributed by atoms with van der Waals surface area (Å²) in [6.07, 6.45) is 3.20. The number of hydrogen-bond donors (Lipinski definition) is 0. The van der Waals surface area contributed by atoms with Gasteiger partial charge in [0, 0.05) is 18.8 Å². The van der Waals surface area contributed by atoms with Gasteiger partial charge in [-0.15, -0.1) is 0 Å². The van der Waals surface area contributed by atoms with Gasteiger partial charge in [-0.05, 0) is 62.8 Å². The van der Waals surface area contributed by atoms with E-state index in [1.807, 2.05) is 0 Å². The molecule has 1 atom stereocenters. The summed E-state index contributed by atoms with van der Waals surface area (Å²) in [6, 6.07) is 4.25. The van der Waals surface area contributed by atoms with E-state index in [4.69, 9.17) is 37.4 Å². The average Bonchev–Trinajstić information content (AvgIpc) is 3.57. The summed E-state index contributed by atoms with van der Waals surface area (Å²) < 4.78 is 47.0. The Morgan fingerprint density at radius 1 is 1.08 bits per heavy atom. The van der Waals surface area contributed by atoms with E-state index in [0.717, 1.165) is 12.8 Å². The van der Waals surface area contributed by atoms with Crippen LogP contribution < -0.4 is 9.47 Å². The third-order valence-corrected chi connectivity index (χ3v) is 5.70. The van der Waals surface area contributed by atoms with Gasteiger partial charge in [-0.3, -0.25) is 14.6 Å². The molecule has 1 fully saturated rings. The van der Waals surface area contributed by atoms with Gasteiger partial charge in [0.05, 0.1) is 16.7 Å². The number of rotatable bonds is 11. The largest absolute Gasteiger partial charge is 0.489 e. The van der Waals surface area contributed by atoms with Crippen molar-refractivity contribution < 1.29 is 37.3 Å². The molecule has 1 aromatic carbocycles. The number of benzene rings is 1. The maximum atomic E-state index is 12.9. The number of carbonyl (C=O) groups is 2. The molecule has 1 aromatic heterocycles. The van der Waals surface area contributed by atoms with Gasteiger partial charge in [-0.25, -0.2) is 0 Å². The van der Waals surface area contributed by atoms with Gasteiger partial charge < -0.3 is 18.9 Å². The van der Waals surface area contributed by atoms with Crippen molar-refractivity contribution in [3.05, 3.63) is 51.8 Å². The van der Waals surface area contributed by atoms with Crippen LogP contribution >= 0.6 is 23.2 Å². The van der Waals surface area contributed by atoms with Crippen molar-refractivity contribution in [2.45, 2.75) is 64.8 Å². The summed E-state index contributed by atoms with van der Waals surface area (Å²) in [4.78, 5) is 28.7. The Balaban J connectivity index is 1.89. The minimum absolute atomic E-state index is 0.0252. The number of aromatic nitrogens is 1. The molecule has 1 unspecified atom stereocenters. The van der Waals surface area contributed by atoms with Crippen molar-refractivity contribution in [3.63, 3.8) is 0 Å². The third kappa shape index (κ3) is 8.78. The Bertz CT molecular complexity index is 1070. The SMILES string of the molecule is CC(C)(C)OC(=O)CC(=O)OC(Cc1c(Cl)cncc1Cl)c1ccc(OC(F)F)c(OCC2CC2)c1. The normalized spacial score (nSPS) is 14.3. The van der Waals surface area contributed by atoms with E-state index in [2.05, 4.69) is 9.72 Å². The number of carbonyl (C=O) groups excluding carboxylic acids is 2. The van der Waals surface area contributed by atoms with Crippen molar-refractivity contribution in [1.82, 2.24) is 4.98 Å². The zero-order valence-electron chi connectivity index (χ0n) is 20.1. The van der Waals surface area contributed by atoms with E-state index in [1.54, 1.807) is 20.8 Å². The first-order valence-electron chi connectivity index (χ1n) is 11.3. The molecule has 1 heterocycles. The Hall–Kier alpha value is -2.65. The lowest BCUT2D eigenvalue weighted by atomic mass is 10.0. The first-order chi connectivity index (χ1) is 16.9. The van der Waals surface area contributed by atoms with E-state index >= 15 is 0 Å². The summed E-state index contributed by atoms with van der Waals surface area (Å²) >= 11 is 12.5. The molecule has 0 radical (unpaired) electrons. The fourth-order valence-corrected chi connectivity index (χ4v) is 3.78. The molecule has 3 rings (SSSR count). The monoisotopic (exact) mass is 545 g/mol. The van der Waals surface area contributed by atoms with Gasteiger partial charge >= 0.3 is 18.6 Å². The van der Waals surface area contributed by atoms with Gasteiger partial charge in [-0.1, -0.05) is 29.3 Å². The molecule has 0 N–H and O–H groups in total. The zero-order valence-corrected chi connectivity index (χ0v) is 21.6. The number of hydrogen-bond acceptors (Lipinski definition) is 7. The second-order valence-corrected chi connectivity index (χ2v) is 10.2. The minimum Gasteiger partial charge on any atom is -0.489 e. The van der Waals surface area contributed by atoms with Gasteiger partial charge in [-0.2, -0.15) is 8.78 Å². The van der Waals surface area contributed by atoms with Crippen LogP contribution in [0.25, 0.3) is 0 Å². The maximum Gasteiger partial charge on any atom is 0.387 e. The van der Waals surface area contributed by atoms with Crippen LogP contribution in [0, 0.1) is 5.92 Å². The standard InChI is InChI=1S/C25H27Cl2F2NO6/c1-25(2,3)36-23(32)10-22(31)34-20(9-16-17(26)11-30-12-18(16)27)15-6-7-19(35-24(28)29)21(8-15)33-13-14-4-5-14/h6-8,11-12,14,20,24H,4-5,9-10,13H2,1-3H3.